The molecule has 2 rings (SSSR count). The predicted octanol–water partition coefficient (Wildman–Crippen LogP) is 2.49. The van der Waals surface area contributed by atoms with Crippen molar-refractivity contribution in [2.75, 3.05) is 19.0 Å². The highest BCUT2D eigenvalue weighted by Gasteiger charge is 2.29. The van der Waals surface area contributed by atoms with E-state index in [4.69, 9.17) is 0 Å². The Kier molecular flexibility index (Phi) is 3.82. The molecule has 0 aromatic carbocycles. The van der Waals surface area contributed by atoms with E-state index in [1.54, 1.807) is 11.3 Å². The molecule has 1 N–H and O–H groups in total. The number of rotatable bonds is 6. The fourth-order valence-electron chi connectivity index (χ4n) is 1.96. The summed E-state index contributed by atoms with van der Waals surface area (Å²) in [7, 11) is 4.07. The van der Waals surface area contributed by atoms with Crippen LogP contribution >= 0.6 is 11.3 Å². The molecule has 0 amide bonds. The fourth-order valence-corrected chi connectivity index (χ4v) is 2.72. The van der Waals surface area contributed by atoms with E-state index in [1.165, 1.54) is 25.0 Å². The average Bonchev–Trinajstić information content (AvgIpc) is 2.97. The van der Waals surface area contributed by atoms with Gasteiger partial charge < -0.3 is 10.2 Å². The highest BCUT2D eigenvalue weighted by Crippen LogP contribution is 2.34. The summed E-state index contributed by atoms with van der Waals surface area (Å²) < 4.78 is 0. The molecule has 0 bridgehead atoms. The van der Waals surface area contributed by atoms with E-state index in [0.717, 1.165) is 17.6 Å². The second kappa shape index (κ2) is 5.15. The van der Waals surface area contributed by atoms with Crippen LogP contribution in [0.5, 0.6) is 0 Å². The Morgan fingerprint density at radius 3 is 2.81 bits per heavy atom. The highest BCUT2D eigenvalue weighted by atomic mass is 32.1. The molecular weight excluding hydrogens is 218 g/mol. The van der Waals surface area contributed by atoms with Crippen molar-refractivity contribution in [3.8, 4) is 0 Å². The van der Waals surface area contributed by atoms with E-state index >= 15 is 0 Å². The van der Waals surface area contributed by atoms with Gasteiger partial charge in [0.1, 0.15) is 0 Å². The SMILES string of the molecule is CCC(NCc1csc(N(C)C)n1)C1CC1. The molecule has 1 aromatic rings. The molecule has 1 unspecified atom stereocenters. The van der Waals surface area contributed by atoms with Crippen LogP contribution in [0.25, 0.3) is 0 Å². The lowest BCUT2D eigenvalue weighted by atomic mass is 10.1. The molecule has 1 aliphatic rings. The van der Waals surface area contributed by atoms with Crippen LogP contribution in [0.4, 0.5) is 5.13 Å². The zero-order valence-electron chi connectivity index (χ0n) is 10.4. The van der Waals surface area contributed by atoms with Crippen LogP contribution in [-0.4, -0.2) is 25.1 Å². The first-order chi connectivity index (χ1) is 7.70. The first-order valence-electron chi connectivity index (χ1n) is 6.05. The zero-order valence-corrected chi connectivity index (χ0v) is 11.2. The van der Waals surface area contributed by atoms with Gasteiger partial charge in [-0.3, -0.25) is 0 Å². The first-order valence-corrected chi connectivity index (χ1v) is 6.93. The Morgan fingerprint density at radius 2 is 2.31 bits per heavy atom. The number of nitrogens with zero attached hydrogens (tertiary/aromatic N) is 2. The second-order valence-corrected chi connectivity index (χ2v) is 5.59. The van der Waals surface area contributed by atoms with Crippen molar-refractivity contribution in [1.82, 2.24) is 10.3 Å². The van der Waals surface area contributed by atoms with Gasteiger partial charge in [0.15, 0.2) is 5.13 Å². The van der Waals surface area contributed by atoms with Crippen LogP contribution in [0, 0.1) is 5.92 Å². The van der Waals surface area contributed by atoms with E-state index in [0.29, 0.717) is 6.04 Å². The molecule has 16 heavy (non-hydrogen) atoms. The minimum Gasteiger partial charge on any atom is -0.354 e. The van der Waals surface area contributed by atoms with Gasteiger partial charge in [-0.15, -0.1) is 11.3 Å². The van der Waals surface area contributed by atoms with Crippen molar-refractivity contribution in [2.24, 2.45) is 5.92 Å². The van der Waals surface area contributed by atoms with E-state index in [9.17, 15) is 0 Å². The minimum atomic E-state index is 0.699. The molecule has 0 aliphatic heterocycles. The average molecular weight is 239 g/mol. The standard InChI is InChI=1S/C12H21N3S/c1-4-11(9-5-6-9)13-7-10-8-16-12(14-10)15(2)3/h8-9,11,13H,4-7H2,1-3H3. The van der Waals surface area contributed by atoms with Crippen molar-refractivity contribution in [1.29, 1.82) is 0 Å². The molecule has 1 aromatic heterocycles. The lowest BCUT2D eigenvalue weighted by Crippen LogP contribution is -2.29. The summed E-state index contributed by atoms with van der Waals surface area (Å²) in [6, 6.07) is 0.699. The molecule has 3 nitrogen and oxygen atoms in total. The third-order valence-electron chi connectivity index (χ3n) is 3.10. The maximum absolute atomic E-state index is 4.58. The van der Waals surface area contributed by atoms with Crippen LogP contribution in [0.15, 0.2) is 5.38 Å². The lowest BCUT2D eigenvalue weighted by Gasteiger charge is -2.14. The second-order valence-electron chi connectivity index (χ2n) is 4.75. The Hall–Kier alpha value is -0.610. The molecule has 1 atom stereocenters. The van der Waals surface area contributed by atoms with Gasteiger partial charge in [-0.2, -0.15) is 0 Å². The molecule has 4 heteroatoms. The first kappa shape index (κ1) is 11.9. The van der Waals surface area contributed by atoms with Gasteiger partial charge in [-0.25, -0.2) is 4.98 Å². The Morgan fingerprint density at radius 1 is 1.56 bits per heavy atom. The molecule has 90 valence electrons. The minimum absolute atomic E-state index is 0.699. The van der Waals surface area contributed by atoms with E-state index in [2.05, 4.69) is 27.5 Å². The molecule has 1 aliphatic carbocycles. The summed E-state index contributed by atoms with van der Waals surface area (Å²) in [4.78, 5) is 6.64. The van der Waals surface area contributed by atoms with Gasteiger partial charge in [-0.05, 0) is 25.2 Å². The maximum atomic E-state index is 4.58. The Labute approximate surface area is 102 Å². The summed E-state index contributed by atoms with van der Waals surface area (Å²) in [5.74, 6) is 0.928. The van der Waals surface area contributed by atoms with Crippen LogP contribution in [-0.2, 0) is 6.54 Å². The van der Waals surface area contributed by atoms with Crippen LogP contribution in [0.3, 0.4) is 0 Å². The van der Waals surface area contributed by atoms with Gasteiger partial charge in [0.05, 0.1) is 5.69 Å². The summed E-state index contributed by atoms with van der Waals surface area (Å²) in [5.41, 5.74) is 1.17. The third-order valence-corrected chi connectivity index (χ3v) is 4.16. The largest absolute Gasteiger partial charge is 0.354 e. The monoisotopic (exact) mass is 239 g/mol. The lowest BCUT2D eigenvalue weighted by molar-refractivity contribution is 0.447. The van der Waals surface area contributed by atoms with Crippen molar-refractivity contribution >= 4 is 16.5 Å². The predicted molar refractivity (Wildman–Crippen MR) is 70.1 cm³/mol. The van der Waals surface area contributed by atoms with Crippen molar-refractivity contribution in [3.05, 3.63) is 11.1 Å². The number of anilines is 1. The zero-order chi connectivity index (χ0) is 11.5. The Balaban J connectivity index is 1.83. The quantitative estimate of drug-likeness (QED) is 0.826. The van der Waals surface area contributed by atoms with Gasteiger partial charge in [0, 0.05) is 32.1 Å². The molecule has 1 saturated carbocycles. The van der Waals surface area contributed by atoms with Crippen LogP contribution < -0.4 is 10.2 Å². The maximum Gasteiger partial charge on any atom is 0.185 e. The van der Waals surface area contributed by atoms with Crippen molar-refractivity contribution in [3.63, 3.8) is 0 Å². The summed E-state index contributed by atoms with van der Waals surface area (Å²) in [6.45, 7) is 3.18. The Bertz CT molecular complexity index is 331. The molecule has 1 heterocycles. The van der Waals surface area contributed by atoms with Crippen molar-refractivity contribution < 1.29 is 0 Å². The molecule has 0 saturated heterocycles. The molecule has 0 radical (unpaired) electrons. The van der Waals surface area contributed by atoms with Gasteiger partial charge in [0.2, 0.25) is 0 Å². The number of hydrogen-bond acceptors (Lipinski definition) is 4. The smallest absolute Gasteiger partial charge is 0.185 e. The van der Waals surface area contributed by atoms with Crippen molar-refractivity contribution in [2.45, 2.75) is 38.8 Å². The van der Waals surface area contributed by atoms with E-state index in [1.807, 2.05) is 14.1 Å². The number of hydrogen-bond donors (Lipinski definition) is 1. The van der Waals surface area contributed by atoms with Gasteiger partial charge in [-0.1, -0.05) is 6.92 Å². The van der Waals surface area contributed by atoms with Crippen LogP contribution in [0.2, 0.25) is 0 Å². The van der Waals surface area contributed by atoms with Crippen LogP contribution in [0.1, 0.15) is 31.9 Å². The summed E-state index contributed by atoms with van der Waals surface area (Å²) in [6.07, 6.45) is 4.05. The van der Waals surface area contributed by atoms with Gasteiger partial charge >= 0.3 is 0 Å². The third kappa shape index (κ3) is 2.95. The fraction of sp³-hybridized carbons (Fsp3) is 0.750. The van der Waals surface area contributed by atoms with Gasteiger partial charge in [0.25, 0.3) is 0 Å². The molecule has 1 fully saturated rings. The highest BCUT2D eigenvalue weighted by molar-refractivity contribution is 7.13. The normalized spacial score (nSPS) is 17.4. The number of thiazole rings is 1. The van der Waals surface area contributed by atoms with E-state index < -0.39 is 0 Å². The molecule has 0 spiro atoms. The summed E-state index contributed by atoms with van der Waals surface area (Å²) >= 11 is 1.72. The molecular formula is C12H21N3S. The number of nitrogens with one attached hydrogen (secondary N) is 1. The number of aromatic nitrogens is 1. The van der Waals surface area contributed by atoms with E-state index in [-0.39, 0.29) is 0 Å². The topological polar surface area (TPSA) is 28.2 Å². The summed E-state index contributed by atoms with van der Waals surface area (Å²) in [5, 5.41) is 6.87.